The van der Waals surface area contributed by atoms with Gasteiger partial charge in [0, 0.05) is 0 Å². The molecule has 23 heavy (non-hydrogen) atoms. The summed E-state index contributed by atoms with van der Waals surface area (Å²) in [6.07, 6.45) is 11.3. The number of rotatable bonds is 16. The van der Waals surface area contributed by atoms with Gasteiger partial charge >= 0.3 is 0 Å². The summed E-state index contributed by atoms with van der Waals surface area (Å²) in [7, 11) is 0. The van der Waals surface area contributed by atoms with E-state index in [9.17, 15) is 0 Å². The van der Waals surface area contributed by atoms with Crippen molar-refractivity contribution in [3.63, 3.8) is 0 Å². The molecule has 0 amide bonds. The van der Waals surface area contributed by atoms with Crippen molar-refractivity contribution in [1.29, 1.82) is 0 Å². The van der Waals surface area contributed by atoms with Gasteiger partial charge in [0.05, 0.1) is 26.2 Å². The van der Waals surface area contributed by atoms with Crippen molar-refractivity contribution in [1.82, 2.24) is 4.90 Å². The van der Waals surface area contributed by atoms with Gasteiger partial charge in [0.15, 0.2) is 0 Å². The monoisotopic (exact) mass is 392 g/mol. The third-order valence-electron chi connectivity index (χ3n) is 5.58. The van der Waals surface area contributed by atoms with Crippen LogP contribution in [0.15, 0.2) is 0 Å². The number of hydrogen-bond donors (Lipinski definition) is 0. The summed E-state index contributed by atoms with van der Waals surface area (Å²) >= 11 is 0. The predicted octanol–water partition coefficient (Wildman–Crippen LogP) is 2.33. The Balaban J connectivity index is 0. The van der Waals surface area contributed by atoms with Gasteiger partial charge in [-0.25, -0.2) is 0 Å². The van der Waals surface area contributed by atoms with E-state index in [1.54, 1.807) is 0 Å². The predicted molar refractivity (Wildman–Crippen MR) is 101 cm³/mol. The van der Waals surface area contributed by atoms with Crippen LogP contribution in [-0.2, 0) is 0 Å². The minimum Gasteiger partial charge on any atom is -1.00 e. The van der Waals surface area contributed by atoms with Crippen LogP contribution in [0, 0.1) is 0 Å². The summed E-state index contributed by atoms with van der Waals surface area (Å²) in [4.78, 5) is 2.55. The van der Waals surface area contributed by atoms with E-state index in [-0.39, 0.29) is 17.0 Å². The van der Waals surface area contributed by atoms with Gasteiger partial charge in [0.25, 0.3) is 0 Å². The van der Waals surface area contributed by atoms with Crippen molar-refractivity contribution in [2.75, 3.05) is 45.8 Å². The second-order valence-electron chi connectivity index (χ2n) is 6.92. The first-order valence-electron chi connectivity index (χ1n) is 10.2. The van der Waals surface area contributed by atoms with Crippen LogP contribution in [0.3, 0.4) is 0 Å². The lowest BCUT2D eigenvalue weighted by molar-refractivity contribution is -0.925. The molecule has 0 saturated heterocycles. The van der Waals surface area contributed by atoms with E-state index in [2.05, 4.69) is 39.5 Å². The van der Waals surface area contributed by atoms with Gasteiger partial charge in [-0.3, -0.25) is 0 Å². The van der Waals surface area contributed by atoms with Crippen LogP contribution in [-0.4, -0.2) is 55.2 Å². The molecule has 0 saturated carbocycles. The van der Waals surface area contributed by atoms with E-state index in [0.717, 1.165) is 0 Å². The Morgan fingerprint density at radius 1 is 0.609 bits per heavy atom. The molecule has 0 aliphatic rings. The Hall–Kier alpha value is 0.400. The van der Waals surface area contributed by atoms with Crippen LogP contribution in [0.4, 0.5) is 0 Å². The molecule has 3 heteroatoms. The molecule has 0 spiro atoms. The molecular formula is C20H45BrN2. The zero-order valence-corrected chi connectivity index (χ0v) is 18.5. The first-order chi connectivity index (χ1) is 10.7. The van der Waals surface area contributed by atoms with Gasteiger partial charge < -0.3 is 26.4 Å². The van der Waals surface area contributed by atoms with E-state index in [4.69, 9.17) is 0 Å². The van der Waals surface area contributed by atoms with E-state index < -0.39 is 0 Å². The third kappa shape index (κ3) is 12.4. The van der Waals surface area contributed by atoms with E-state index >= 15 is 0 Å². The van der Waals surface area contributed by atoms with E-state index in [0.29, 0.717) is 0 Å². The average molecular weight is 393 g/mol. The Bertz CT molecular complexity index is 226. The molecule has 0 bridgehead atoms. The highest BCUT2D eigenvalue weighted by molar-refractivity contribution is 4.53. The fourth-order valence-corrected chi connectivity index (χ4v) is 3.52. The molecule has 0 aromatic heterocycles. The number of nitrogens with zero attached hydrogens (tertiary/aromatic N) is 2. The molecule has 0 atom stereocenters. The summed E-state index contributed by atoms with van der Waals surface area (Å²) in [5, 5.41) is 0. The Kier molecular flexibility index (Phi) is 19.2. The Morgan fingerprint density at radius 2 is 1.09 bits per heavy atom. The molecule has 2 nitrogen and oxygen atoms in total. The summed E-state index contributed by atoms with van der Waals surface area (Å²) in [5.41, 5.74) is 0. The van der Waals surface area contributed by atoms with Gasteiger partial charge in [-0.15, -0.1) is 0 Å². The summed E-state index contributed by atoms with van der Waals surface area (Å²) < 4.78 is 1.36. The van der Waals surface area contributed by atoms with Crippen molar-refractivity contribution < 1.29 is 21.5 Å². The van der Waals surface area contributed by atoms with Crippen LogP contribution < -0.4 is 17.0 Å². The number of quaternary nitrogens is 1. The highest BCUT2D eigenvalue weighted by Crippen LogP contribution is 2.14. The normalized spacial score (nSPS) is 11.7. The molecule has 0 fully saturated rings. The van der Waals surface area contributed by atoms with Crippen LogP contribution in [0.25, 0.3) is 0 Å². The van der Waals surface area contributed by atoms with Crippen LogP contribution >= 0.6 is 0 Å². The minimum atomic E-state index is 0. The number of halogens is 1. The first-order valence-corrected chi connectivity index (χ1v) is 10.2. The molecule has 0 radical (unpaired) electrons. The van der Waals surface area contributed by atoms with Gasteiger partial charge in [-0.05, 0) is 65.6 Å². The van der Waals surface area contributed by atoms with Gasteiger partial charge in [0.2, 0.25) is 0 Å². The molecule has 0 heterocycles. The summed E-state index contributed by atoms with van der Waals surface area (Å²) in [6, 6.07) is 0. The van der Waals surface area contributed by atoms with E-state index in [1.807, 2.05) is 0 Å². The van der Waals surface area contributed by atoms with Crippen molar-refractivity contribution in [2.45, 2.75) is 86.0 Å². The van der Waals surface area contributed by atoms with Crippen molar-refractivity contribution in [2.24, 2.45) is 0 Å². The lowest BCUT2D eigenvalue weighted by Crippen LogP contribution is -3.00. The lowest BCUT2D eigenvalue weighted by Gasteiger charge is -2.37. The second kappa shape index (κ2) is 17.2. The Labute approximate surface area is 158 Å². The molecule has 0 aromatic carbocycles. The fourth-order valence-electron chi connectivity index (χ4n) is 3.52. The number of unbranched alkanes of at least 4 members (excludes halogenated alkanes) is 6. The minimum absolute atomic E-state index is 0. The highest BCUT2D eigenvalue weighted by atomic mass is 79.9. The molecule has 142 valence electrons. The highest BCUT2D eigenvalue weighted by Gasteiger charge is 2.21. The molecular weight excluding hydrogens is 348 g/mol. The average Bonchev–Trinajstić information content (AvgIpc) is 2.56. The third-order valence-corrected chi connectivity index (χ3v) is 5.58. The summed E-state index contributed by atoms with van der Waals surface area (Å²) in [6.45, 7) is 20.8. The van der Waals surface area contributed by atoms with Gasteiger partial charge in [-0.2, -0.15) is 0 Å². The van der Waals surface area contributed by atoms with Crippen LogP contribution in [0.1, 0.15) is 86.0 Å². The standard InChI is InChI=1S/C20H45N2.BrH/c1-6-11-12-16-19-22(9-4,10-5)20-17-14-13-15-18-21(7-2)8-3;/h6-20H2,1-5H3;1H/q+1;/p-1. The number of hydrogen-bond acceptors (Lipinski definition) is 1. The SMILES string of the molecule is CCCCCC[N+](CC)(CC)CCCCCCN(CC)CC.[Br-]. The van der Waals surface area contributed by atoms with Crippen molar-refractivity contribution >= 4 is 0 Å². The van der Waals surface area contributed by atoms with Crippen molar-refractivity contribution in [3.05, 3.63) is 0 Å². The van der Waals surface area contributed by atoms with Crippen LogP contribution in [0.5, 0.6) is 0 Å². The molecule has 0 aliphatic heterocycles. The van der Waals surface area contributed by atoms with Crippen LogP contribution in [0.2, 0.25) is 0 Å². The molecule has 0 aromatic rings. The Morgan fingerprint density at radius 3 is 1.52 bits per heavy atom. The molecule has 0 aliphatic carbocycles. The summed E-state index contributed by atoms with van der Waals surface area (Å²) in [5.74, 6) is 0. The lowest BCUT2D eigenvalue weighted by atomic mass is 10.1. The molecule has 0 N–H and O–H groups in total. The molecule has 0 rings (SSSR count). The smallest absolute Gasteiger partial charge is 0.0786 e. The second-order valence-corrected chi connectivity index (χ2v) is 6.92. The zero-order chi connectivity index (χ0) is 16.7. The molecule has 0 unspecified atom stereocenters. The van der Waals surface area contributed by atoms with E-state index in [1.165, 1.54) is 102 Å². The maximum absolute atomic E-state index is 2.55. The quantitative estimate of drug-likeness (QED) is 0.287. The fraction of sp³-hybridized carbons (Fsp3) is 1.00. The zero-order valence-electron chi connectivity index (χ0n) is 16.9. The first kappa shape index (κ1) is 25.6. The largest absolute Gasteiger partial charge is 1.00 e. The van der Waals surface area contributed by atoms with Gasteiger partial charge in [0.1, 0.15) is 0 Å². The topological polar surface area (TPSA) is 3.24 Å². The maximum atomic E-state index is 2.55. The van der Waals surface area contributed by atoms with Crippen molar-refractivity contribution in [3.8, 4) is 0 Å². The van der Waals surface area contributed by atoms with Gasteiger partial charge in [-0.1, -0.05) is 40.0 Å². The maximum Gasteiger partial charge on any atom is 0.0786 e.